The molecule has 0 aliphatic carbocycles. The lowest BCUT2D eigenvalue weighted by Gasteiger charge is -2.12. The number of urea groups is 1. The third-order valence-electron chi connectivity index (χ3n) is 3.52. The molecule has 138 valence electrons. The number of amides is 2. The van der Waals surface area contributed by atoms with Crippen LogP contribution in [0.2, 0.25) is 0 Å². The molecule has 0 aromatic heterocycles. The van der Waals surface area contributed by atoms with E-state index in [1.807, 2.05) is 0 Å². The summed E-state index contributed by atoms with van der Waals surface area (Å²) in [5.74, 6) is -0.619. The van der Waals surface area contributed by atoms with E-state index in [9.17, 15) is 18.0 Å². The highest BCUT2D eigenvalue weighted by Crippen LogP contribution is 2.22. The molecule has 0 saturated heterocycles. The van der Waals surface area contributed by atoms with Gasteiger partial charge < -0.3 is 15.4 Å². The first-order valence-corrected chi connectivity index (χ1v) is 9.05. The molecule has 0 atom stereocenters. The van der Waals surface area contributed by atoms with E-state index >= 15 is 0 Å². The fourth-order valence-corrected chi connectivity index (χ4v) is 3.49. The molecular formula is C17H19N3O5S. The molecule has 0 fully saturated rings. The molecule has 2 amide bonds. The van der Waals surface area contributed by atoms with Gasteiger partial charge in [0, 0.05) is 18.4 Å². The van der Waals surface area contributed by atoms with Crippen LogP contribution in [0.5, 0.6) is 0 Å². The molecule has 0 saturated carbocycles. The lowest BCUT2D eigenvalue weighted by Crippen LogP contribution is -2.24. The van der Waals surface area contributed by atoms with E-state index in [0.29, 0.717) is 16.9 Å². The molecule has 8 nitrogen and oxygen atoms in total. The van der Waals surface area contributed by atoms with Crippen molar-refractivity contribution in [2.45, 2.75) is 11.8 Å². The molecule has 2 aromatic carbocycles. The number of nitrogens with one attached hydrogen (secondary N) is 3. The third-order valence-corrected chi connectivity index (χ3v) is 5.04. The zero-order valence-corrected chi connectivity index (χ0v) is 15.3. The number of hydrogen-bond acceptors (Lipinski definition) is 5. The summed E-state index contributed by atoms with van der Waals surface area (Å²) in [6.07, 6.45) is 0. The highest BCUT2D eigenvalue weighted by molar-refractivity contribution is 7.92. The summed E-state index contributed by atoms with van der Waals surface area (Å²) in [5.41, 5.74) is 1.46. The second-order valence-corrected chi connectivity index (χ2v) is 7.01. The molecular weight excluding hydrogens is 358 g/mol. The Kier molecular flexibility index (Phi) is 5.83. The van der Waals surface area contributed by atoms with Crippen LogP contribution in [0.15, 0.2) is 47.4 Å². The van der Waals surface area contributed by atoms with Gasteiger partial charge >= 0.3 is 12.0 Å². The Balaban J connectivity index is 2.26. The Hall–Kier alpha value is -3.07. The van der Waals surface area contributed by atoms with Crippen LogP contribution in [0.4, 0.5) is 16.2 Å². The van der Waals surface area contributed by atoms with E-state index in [2.05, 4.69) is 20.1 Å². The third kappa shape index (κ3) is 4.51. The fourth-order valence-electron chi connectivity index (χ4n) is 2.16. The van der Waals surface area contributed by atoms with Gasteiger partial charge in [0.1, 0.15) is 0 Å². The summed E-state index contributed by atoms with van der Waals surface area (Å²) in [6, 6.07) is 10.1. The standard InChI is InChI=1S/C17H19N3O5S/c1-11-4-5-12(16(21)25-3)10-15(11)26(23,24)20-14-8-6-13(7-9-14)19-17(22)18-2/h4-10,20H,1-3H3,(H2,18,19,22). The maximum atomic E-state index is 12.7. The number of methoxy groups -OCH3 is 1. The van der Waals surface area contributed by atoms with E-state index in [0.717, 1.165) is 0 Å². The van der Waals surface area contributed by atoms with Gasteiger partial charge in [-0.15, -0.1) is 0 Å². The zero-order valence-electron chi connectivity index (χ0n) is 14.5. The lowest BCUT2D eigenvalue weighted by atomic mass is 10.1. The van der Waals surface area contributed by atoms with Crippen LogP contribution < -0.4 is 15.4 Å². The predicted octanol–water partition coefficient (Wildman–Crippen LogP) is 2.33. The minimum Gasteiger partial charge on any atom is -0.465 e. The normalized spacial score (nSPS) is 10.7. The maximum Gasteiger partial charge on any atom is 0.337 e. The largest absolute Gasteiger partial charge is 0.465 e. The Bertz CT molecular complexity index is 924. The van der Waals surface area contributed by atoms with Crippen LogP contribution in [0.1, 0.15) is 15.9 Å². The van der Waals surface area contributed by atoms with E-state index in [-0.39, 0.29) is 16.5 Å². The Morgan fingerprint density at radius 3 is 2.19 bits per heavy atom. The Labute approximate surface area is 151 Å². The summed E-state index contributed by atoms with van der Waals surface area (Å²) in [4.78, 5) is 22.9. The van der Waals surface area contributed by atoms with Gasteiger partial charge in [-0.05, 0) is 48.9 Å². The second kappa shape index (κ2) is 7.87. The first-order chi connectivity index (χ1) is 12.3. The van der Waals surface area contributed by atoms with E-state index < -0.39 is 16.0 Å². The number of ether oxygens (including phenoxy) is 1. The molecule has 0 aliphatic rings. The van der Waals surface area contributed by atoms with Crippen LogP contribution in [0.25, 0.3) is 0 Å². The summed E-state index contributed by atoms with van der Waals surface area (Å²) in [6.45, 7) is 1.63. The number of anilines is 2. The van der Waals surface area contributed by atoms with Crippen LogP contribution in [0, 0.1) is 6.92 Å². The van der Waals surface area contributed by atoms with Gasteiger partial charge in [-0.2, -0.15) is 0 Å². The number of sulfonamides is 1. The highest BCUT2D eigenvalue weighted by atomic mass is 32.2. The van der Waals surface area contributed by atoms with Gasteiger partial charge in [-0.3, -0.25) is 4.72 Å². The van der Waals surface area contributed by atoms with Gasteiger partial charge in [0.05, 0.1) is 17.6 Å². The number of esters is 1. The number of aryl methyl sites for hydroxylation is 1. The fraction of sp³-hybridized carbons (Fsp3) is 0.176. The quantitative estimate of drug-likeness (QED) is 0.692. The first-order valence-electron chi connectivity index (χ1n) is 7.57. The average molecular weight is 377 g/mol. The molecule has 0 unspecified atom stereocenters. The molecule has 0 radical (unpaired) electrons. The van der Waals surface area contributed by atoms with Gasteiger partial charge in [0.25, 0.3) is 10.0 Å². The van der Waals surface area contributed by atoms with Crippen molar-refractivity contribution in [3.8, 4) is 0 Å². The van der Waals surface area contributed by atoms with Gasteiger partial charge in [0.2, 0.25) is 0 Å². The van der Waals surface area contributed by atoms with Crippen LogP contribution in [0.3, 0.4) is 0 Å². The van der Waals surface area contributed by atoms with Gasteiger partial charge in [-0.1, -0.05) is 6.07 Å². The van der Waals surface area contributed by atoms with Gasteiger partial charge in [-0.25, -0.2) is 18.0 Å². The predicted molar refractivity (Wildman–Crippen MR) is 97.8 cm³/mol. The van der Waals surface area contributed by atoms with Crippen molar-refractivity contribution in [3.05, 3.63) is 53.6 Å². The van der Waals surface area contributed by atoms with Gasteiger partial charge in [0.15, 0.2) is 0 Å². The second-order valence-electron chi connectivity index (χ2n) is 5.36. The van der Waals surface area contributed by atoms with Crippen molar-refractivity contribution in [3.63, 3.8) is 0 Å². The highest BCUT2D eigenvalue weighted by Gasteiger charge is 2.19. The number of rotatable bonds is 5. The number of benzene rings is 2. The minimum absolute atomic E-state index is 0.0204. The SMILES string of the molecule is CNC(=O)Nc1ccc(NS(=O)(=O)c2cc(C(=O)OC)ccc2C)cc1. The van der Waals surface area contributed by atoms with Crippen LogP contribution >= 0.6 is 0 Å². The maximum absolute atomic E-state index is 12.7. The van der Waals surface area contributed by atoms with Crippen molar-refractivity contribution < 1.29 is 22.7 Å². The van der Waals surface area contributed by atoms with Crippen molar-refractivity contribution in [2.75, 3.05) is 24.2 Å². The summed E-state index contributed by atoms with van der Waals surface area (Å²) < 4.78 is 32.4. The summed E-state index contributed by atoms with van der Waals surface area (Å²) in [7, 11) is -1.19. The van der Waals surface area contributed by atoms with Crippen molar-refractivity contribution >= 4 is 33.4 Å². The molecule has 0 spiro atoms. The molecule has 0 heterocycles. The Morgan fingerprint density at radius 2 is 1.62 bits per heavy atom. The molecule has 2 rings (SSSR count). The smallest absolute Gasteiger partial charge is 0.337 e. The summed E-state index contributed by atoms with van der Waals surface area (Å²) >= 11 is 0. The first kappa shape index (κ1) is 19.3. The number of hydrogen-bond donors (Lipinski definition) is 3. The lowest BCUT2D eigenvalue weighted by molar-refractivity contribution is 0.0600. The van der Waals surface area contributed by atoms with E-state index in [1.165, 1.54) is 44.5 Å². The molecule has 2 aromatic rings. The average Bonchev–Trinajstić information content (AvgIpc) is 2.62. The van der Waals surface area contributed by atoms with Crippen LogP contribution in [-0.4, -0.2) is 34.6 Å². The molecule has 0 aliphatic heterocycles. The zero-order chi connectivity index (χ0) is 19.3. The number of carbonyl (C=O) groups excluding carboxylic acids is 2. The molecule has 26 heavy (non-hydrogen) atoms. The van der Waals surface area contributed by atoms with Crippen molar-refractivity contribution in [1.29, 1.82) is 0 Å². The van der Waals surface area contributed by atoms with E-state index in [4.69, 9.17) is 0 Å². The van der Waals surface area contributed by atoms with Crippen molar-refractivity contribution in [2.24, 2.45) is 0 Å². The Morgan fingerprint density at radius 1 is 1.00 bits per heavy atom. The van der Waals surface area contributed by atoms with Crippen LogP contribution in [-0.2, 0) is 14.8 Å². The summed E-state index contributed by atoms with van der Waals surface area (Å²) in [5, 5.41) is 4.98. The monoisotopic (exact) mass is 377 g/mol. The minimum atomic E-state index is -3.91. The van der Waals surface area contributed by atoms with Crippen molar-refractivity contribution in [1.82, 2.24) is 5.32 Å². The molecule has 9 heteroatoms. The number of carbonyl (C=O) groups is 2. The molecule has 0 bridgehead atoms. The molecule has 3 N–H and O–H groups in total. The topological polar surface area (TPSA) is 114 Å². The van der Waals surface area contributed by atoms with E-state index in [1.54, 1.807) is 19.1 Å².